The summed E-state index contributed by atoms with van der Waals surface area (Å²) in [7, 11) is -2.65. The maximum Gasteiger partial charge on any atom is 0.261 e. The first kappa shape index (κ1) is 44.2. The molecule has 3 aromatic rings. The van der Waals surface area contributed by atoms with Gasteiger partial charge in [0.2, 0.25) is 0 Å². The smallest absolute Gasteiger partial charge is 0.261 e. The molecule has 3 aromatic carbocycles. The summed E-state index contributed by atoms with van der Waals surface area (Å²) in [5.74, 6) is 0. The SMILES string of the molecule is CCCCCCCCCCCCCCCCCCCCCCOC[C@H](CO[Si](c1ccccc1)(c1ccccc1)C(C)(C)C)OCc1ccccc1. The second-order valence-electron chi connectivity index (χ2n) is 16.2. The Balaban J connectivity index is 1.33. The summed E-state index contributed by atoms with van der Waals surface area (Å²) < 4.78 is 20.1. The summed E-state index contributed by atoms with van der Waals surface area (Å²) >= 11 is 0. The van der Waals surface area contributed by atoms with Gasteiger partial charge < -0.3 is 13.9 Å². The van der Waals surface area contributed by atoms with Crippen molar-refractivity contribution in [2.75, 3.05) is 19.8 Å². The van der Waals surface area contributed by atoms with E-state index >= 15 is 0 Å². The Kier molecular flexibility index (Phi) is 23.2. The molecule has 0 saturated heterocycles. The summed E-state index contributed by atoms with van der Waals surface area (Å²) in [6.07, 6.45) is 27.8. The molecule has 0 aliphatic rings. The zero-order valence-corrected chi connectivity index (χ0v) is 34.9. The molecule has 0 heterocycles. The van der Waals surface area contributed by atoms with Gasteiger partial charge in [-0.3, -0.25) is 0 Å². The van der Waals surface area contributed by atoms with Gasteiger partial charge in [-0.2, -0.15) is 0 Å². The van der Waals surface area contributed by atoms with Crippen molar-refractivity contribution in [3.05, 3.63) is 96.6 Å². The van der Waals surface area contributed by atoms with E-state index in [-0.39, 0.29) is 11.1 Å². The molecule has 3 rings (SSSR count). The molecule has 0 bridgehead atoms. The van der Waals surface area contributed by atoms with E-state index in [1.165, 1.54) is 138 Å². The highest BCUT2D eigenvalue weighted by Crippen LogP contribution is 2.37. The van der Waals surface area contributed by atoms with E-state index in [2.05, 4.69) is 119 Å². The number of hydrogen-bond acceptors (Lipinski definition) is 3. The highest BCUT2D eigenvalue weighted by atomic mass is 28.4. The topological polar surface area (TPSA) is 27.7 Å². The van der Waals surface area contributed by atoms with Gasteiger partial charge in [-0.05, 0) is 27.4 Å². The summed E-state index contributed by atoms with van der Waals surface area (Å²) in [5.41, 5.74) is 1.17. The van der Waals surface area contributed by atoms with Gasteiger partial charge in [-0.25, -0.2) is 0 Å². The Morgan fingerprint density at radius 2 is 0.865 bits per heavy atom. The second kappa shape index (κ2) is 27.4. The van der Waals surface area contributed by atoms with E-state index in [4.69, 9.17) is 13.9 Å². The van der Waals surface area contributed by atoms with Crippen LogP contribution < -0.4 is 10.4 Å². The lowest BCUT2D eigenvalue weighted by Gasteiger charge is -2.43. The van der Waals surface area contributed by atoms with Crippen LogP contribution in [0.4, 0.5) is 0 Å². The fourth-order valence-corrected chi connectivity index (χ4v) is 12.2. The fraction of sp³-hybridized carbons (Fsp3) is 0.625. The summed E-state index contributed by atoms with van der Waals surface area (Å²) in [4.78, 5) is 0. The van der Waals surface area contributed by atoms with E-state index < -0.39 is 8.32 Å². The molecule has 0 saturated carbocycles. The van der Waals surface area contributed by atoms with E-state index in [0.29, 0.717) is 19.8 Å². The van der Waals surface area contributed by atoms with Crippen molar-refractivity contribution >= 4 is 18.7 Å². The van der Waals surface area contributed by atoms with Crippen molar-refractivity contribution in [1.29, 1.82) is 0 Å². The van der Waals surface area contributed by atoms with Crippen LogP contribution in [0.15, 0.2) is 91.0 Å². The molecule has 0 spiro atoms. The molecular formula is C48H76O3Si. The van der Waals surface area contributed by atoms with Crippen molar-refractivity contribution < 1.29 is 13.9 Å². The van der Waals surface area contributed by atoms with Crippen LogP contribution in [0.25, 0.3) is 0 Å². The zero-order chi connectivity index (χ0) is 37.0. The Hall–Kier alpha value is -2.24. The monoisotopic (exact) mass is 729 g/mol. The van der Waals surface area contributed by atoms with E-state index in [1.807, 2.05) is 0 Å². The third kappa shape index (κ3) is 17.3. The Morgan fingerprint density at radius 3 is 1.27 bits per heavy atom. The third-order valence-corrected chi connectivity index (χ3v) is 15.7. The molecule has 0 aromatic heterocycles. The van der Waals surface area contributed by atoms with Crippen LogP contribution in [0.2, 0.25) is 5.04 Å². The van der Waals surface area contributed by atoms with Gasteiger partial charge >= 0.3 is 0 Å². The first-order valence-corrected chi connectivity index (χ1v) is 23.4. The van der Waals surface area contributed by atoms with Gasteiger partial charge in [0.1, 0.15) is 6.10 Å². The largest absolute Gasteiger partial charge is 0.405 e. The highest BCUT2D eigenvalue weighted by Gasteiger charge is 2.50. The van der Waals surface area contributed by atoms with Crippen LogP contribution in [0, 0.1) is 0 Å². The number of hydrogen-bond donors (Lipinski definition) is 0. The van der Waals surface area contributed by atoms with Gasteiger partial charge in [0.15, 0.2) is 0 Å². The average molecular weight is 729 g/mol. The van der Waals surface area contributed by atoms with Gasteiger partial charge in [-0.15, -0.1) is 0 Å². The molecule has 0 aliphatic carbocycles. The molecule has 52 heavy (non-hydrogen) atoms. The molecule has 3 nitrogen and oxygen atoms in total. The molecular weight excluding hydrogens is 653 g/mol. The van der Waals surface area contributed by atoms with Gasteiger partial charge in [0.05, 0.1) is 19.8 Å². The van der Waals surface area contributed by atoms with Crippen LogP contribution >= 0.6 is 0 Å². The molecule has 0 N–H and O–H groups in total. The van der Waals surface area contributed by atoms with E-state index in [9.17, 15) is 0 Å². The van der Waals surface area contributed by atoms with Gasteiger partial charge in [-0.1, -0.05) is 241 Å². The quantitative estimate of drug-likeness (QED) is 0.0488. The maximum atomic E-state index is 7.25. The first-order chi connectivity index (χ1) is 25.5. The van der Waals surface area contributed by atoms with Gasteiger partial charge in [0.25, 0.3) is 8.32 Å². The Bertz CT molecular complexity index is 1190. The molecule has 0 amide bonds. The summed E-state index contributed by atoms with van der Waals surface area (Å²) in [6, 6.07) is 32.2. The molecule has 0 fully saturated rings. The second-order valence-corrected chi connectivity index (χ2v) is 20.5. The maximum absolute atomic E-state index is 7.25. The summed E-state index contributed by atoms with van der Waals surface area (Å²) in [5, 5.41) is 2.51. The van der Waals surface area contributed by atoms with E-state index in [0.717, 1.165) is 13.0 Å². The number of unbranched alkanes of at least 4 members (excludes halogenated alkanes) is 19. The minimum Gasteiger partial charge on any atom is -0.405 e. The lowest BCUT2D eigenvalue weighted by molar-refractivity contribution is -0.0470. The lowest BCUT2D eigenvalue weighted by Crippen LogP contribution is -2.67. The minimum atomic E-state index is -2.65. The third-order valence-electron chi connectivity index (χ3n) is 10.7. The Morgan fingerprint density at radius 1 is 0.481 bits per heavy atom. The Labute approximate surface area is 321 Å². The molecule has 1 atom stereocenters. The highest BCUT2D eigenvalue weighted by molar-refractivity contribution is 6.99. The predicted octanol–water partition coefficient (Wildman–Crippen LogP) is 13.0. The lowest BCUT2D eigenvalue weighted by atomic mass is 10.0. The van der Waals surface area contributed by atoms with Crippen molar-refractivity contribution in [3.63, 3.8) is 0 Å². The van der Waals surface area contributed by atoms with E-state index in [1.54, 1.807) is 0 Å². The van der Waals surface area contributed by atoms with Crippen LogP contribution in [-0.4, -0.2) is 34.2 Å². The van der Waals surface area contributed by atoms with Crippen molar-refractivity contribution in [1.82, 2.24) is 0 Å². The fourth-order valence-electron chi connectivity index (χ4n) is 7.59. The van der Waals surface area contributed by atoms with Crippen LogP contribution in [0.5, 0.6) is 0 Å². The standard InChI is InChI=1S/C48H76O3Si/c1-5-6-7-8-9-10-11-12-13-14-15-16-17-18-19-20-21-22-23-33-40-49-42-45(50-41-44-34-27-24-28-35-44)43-51-52(48(2,3)4,46-36-29-25-30-37-46)47-38-31-26-32-39-47/h24-32,34-39,45H,5-23,33,40-43H2,1-4H3/t45-/m1/s1. The minimum absolute atomic E-state index is 0.0764. The van der Waals surface area contributed by atoms with Crippen LogP contribution in [-0.2, 0) is 20.5 Å². The number of benzene rings is 3. The molecule has 4 heteroatoms. The van der Waals surface area contributed by atoms with Crippen molar-refractivity contribution in [3.8, 4) is 0 Å². The molecule has 0 radical (unpaired) electrons. The average Bonchev–Trinajstić information content (AvgIpc) is 3.16. The molecule has 0 unspecified atom stereocenters. The van der Waals surface area contributed by atoms with Crippen molar-refractivity contribution in [2.24, 2.45) is 0 Å². The number of ether oxygens (including phenoxy) is 2. The van der Waals surface area contributed by atoms with Crippen molar-refractivity contribution in [2.45, 2.75) is 174 Å². The molecule has 0 aliphatic heterocycles. The van der Waals surface area contributed by atoms with Crippen LogP contribution in [0.3, 0.4) is 0 Å². The zero-order valence-electron chi connectivity index (χ0n) is 33.9. The predicted molar refractivity (Wildman–Crippen MR) is 227 cm³/mol. The molecule has 290 valence electrons. The van der Waals surface area contributed by atoms with Crippen LogP contribution in [0.1, 0.15) is 162 Å². The first-order valence-electron chi connectivity index (χ1n) is 21.5. The summed E-state index contributed by atoms with van der Waals surface area (Å²) in [6.45, 7) is 11.7. The number of rotatable bonds is 31. The normalized spacial score (nSPS) is 12.7. The van der Waals surface area contributed by atoms with Gasteiger partial charge in [0, 0.05) is 6.61 Å².